The van der Waals surface area contributed by atoms with Crippen LogP contribution < -0.4 is 10.1 Å². The smallest absolute Gasteiger partial charge is 0.246 e. The van der Waals surface area contributed by atoms with Gasteiger partial charge in [-0.05, 0) is 37.5 Å². The summed E-state index contributed by atoms with van der Waals surface area (Å²) in [5.74, 6) is 0.0766. The lowest BCUT2D eigenvalue weighted by molar-refractivity contribution is -0.119. The van der Waals surface area contributed by atoms with Gasteiger partial charge >= 0.3 is 0 Å². The van der Waals surface area contributed by atoms with Gasteiger partial charge in [-0.1, -0.05) is 26.7 Å². The van der Waals surface area contributed by atoms with Gasteiger partial charge in [-0.15, -0.1) is 0 Å². The highest BCUT2D eigenvalue weighted by Crippen LogP contribution is 2.31. The second kappa shape index (κ2) is 8.67. The van der Waals surface area contributed by atoms with E-state index >= 15 is 0 Å². The number of hydrogen-bond donors (Lipinski definition) is 1. The van der Waals surface area contributed by atoms with Gasteiger partial charge in [0.15, 0.2) is 0 Å². The van der Waals surface area contributed by atoms with Gasteiger partial charge in [0.25, 0.3) is 0 Å². The zero-order valence-corrected chi connectivity index (χ0v) is 16.1. The second-order valence-corrected chi connectivity index (χ2v) is 8.42. The van der Waals surface area contributed by atoms with Crippen LogP contribution in [0, 0.1) is 5.92 Å². The molecule has 6 nitrogen and oxygen atoms in total. The third kappa shape index (κ3) is 4.73. The van der Waals surface area contributed by atoms with Gasteiger partial charge in [0.2, 0.25) is 15.9 Å². The normalized spacial score (nSPS) is 17.1. The first kappa shape index (κ1) is 19.7. The molecule has 1 atom stereocenters. The van der Waals surface area contributed by atoms with E-state index < -0.39 is 10.0 Å². The molecule has 2 rings (SSSR count). The van der Waals surface area contributed by atoms with Crippen molar-refractivity contribution in [2.24, 2.45) is 5.92 Å². The van der Waals surface area contributed by atoms with Gasteiger partial charge in [0.1, 0.15) is 10.6 Å². The average Bonchev–Trinajstić information content (AvgIpc) is 2.62. The third-order valence-electron chi connectivity index (χ3n) is 4.53. The van der Waals surface area contributed by atoms with Crippen molar-refractivity contribution in [3.05, 3.63) is 18.2 Å². The van der Waals surface area contributed by atoms with E-state index in [0.717, 1.165) is 32.1 Å². The molecular formula is C18H28N2O4S. The summed E-state index contributed by atoms with van der Waals surface area (Å²) < 4.78 is 32.7. The average molecular weight is 368 g/mol. The number of methoxy groups -OCH3 is 1. The summed E-state index contributed by atoms with van der Waals surface area (Å²) in [6.45, 7) is 4.94. The highest BCUT2D eigenvalue weighted by molar-refractivity contribution is 7.89. The quantitative estimate of drug-likeness (QED) is 0.802. The van der Waals surface area contributed by atoms with Crippen LogP contribution in [0.1, 0.15) is 46.0 Å². The number of carbonyl (C=O) groups excluding carboxylic acids is 1. The molecule has 140 valence electrons. The molecule has 1 aliphatic heterocycles. The van der Waals surface area contributed by atoms with Crippen LogP contribution in [-0.4, -0.2) is 38.8 Å². The largest absolute Gasteiger partial charge is 0.495 e. The van der Waals surface area contributed by atoms with Crippen molar-refractivity contribution in [2.45, 2.75) is 50.8 Å². The fraction of sp³-hybridized carbons (Fsp3) is 0.611. The number of anilines is 1. The van der Waals surface area contributed by atoms with Gasteiger partial charge in [0.05, 0.1) is 7.11 Å². The standard InChI is InChI=1S/C18H28N2O4S/c1-4-8-14(2)18(21)19-15-9-10-16(24-3)17(13-15)25(22,23)20-11-6-5-7-12-20/h9-10,13-14H,4-8,11-12H2,1-3H3,(H,19,21)/t14-/m0/s1. The fourth-order valence-corrected chi connectivity index (χ4v) is 4.73. The molecule has 0 radical (unpaired) electrons. The summed E-state index contributed by atoms with van der Waals surface area (Å²) in [6, 6.07) is 4.76. The van der Waals surface area contributed by atoms with Gasteiger partial charge < -0.3 is 10.1 Å². The number of benzene rings is 1. The molecule has 0 unspecified atom stereocenters. The van der Waals surface area contributed by atoms with Crippen molar-refractivity contribution in [1.82, 2.24) is 4.31 Å². The Hall–Kier alpha value is -1.60. The summed E-state index contributed by atoms with van der Waals surface area (Å²) in [4.78, 5) is 12.3. The number of amides is 1. The molecule has 1 aromatic carbocycles. The minimum absolute atomic E-state index is 0.103. The molecule has 7 heteroatoms. The van der Waals surface area contributed by atoms with E-state index in [9.17, 15) is 13.2 Å². The number of rotatable bonds is 7. The first-order valence-electron chi connectivity index (χ1n) is 8.89. The Balaban J connectivity index is 2.29. The Labute approximate surface area is 150 Å². The molecule has 1 aromatic rings. The van der Waals surface area contributed by atoms with Gasteiger partial charge in [-0.2, -0.15) is 4.31 Å². The van der Waals surface area contributed by atoms with Crippen molar-refractivity contribution < 1.29 is 17.9 Å². The fourth-order valence-electron chi connectivity index (χ4n) is 3.03. The predicted octanol–water partition coefficient (Wildman–Crippen LogP) is 3.24. The molecule has 0 spiro atoms. The Morgan fingerprint density at radius 1 is 1.28 bits per heavy atom. The molecule has 0 aliphatic carbocycles. The molecule has 1 fully saturated rings. The van der Waals surface area contributed by atoms with Crippen LogP contribution in [0.15, 0.2) is 23.1 Å². The number of piperidine rings is 1. The SMILES string of the molecule is CCC[C@H](C)C(=O)Nc1ccc(OC)c(S(=O)(=O)N2CCCCC2)c1. The topological polar surface area (TPSA) is 75.7 Å². The molecule has 1 N–H and O–H groups in total. The number of hydrogen-bond acceptors (Lipinski definition) is 4. The van der Waals surface area contributed by atoms with E-state index in [1.807, 2.05) is 13.8 Å². The summed E-state index contributed by atoms with van der Waals surface area (Å²) in [7, 11) is -2.19. The zero-order chi connectivity index (χ0) is 18.4. The molecule has 1 saturated heterocycles. The Bertz CT molecular complexity index is 697. The number of sulfonamides is 1. The Morgan fingerprint density at radius 2 is 1.96 bits per heavy atom. The first-order valence-corrected chi connectivity index (χ1v) is 10.3. The molecule has 0 saturated carbocycles. The van der Waals surface area contributed by atoms with Crippen LogP contribution in [0.5, 0.6) is 5.75 Å². The van der Waals surface area contributed by atoms with Crippen LogP contribution in [0.25, 0.3) is 0 Å². The van der Waals surface area contributed by atoms with E-state index in [0.29, 0.717) is 24.5 Å². The summed E-state index contributed by atoms with van der Waals surface area (Å²) in [5.41, 5.74) is 0.476. The molecule has 1 heterocycles. The van der Waals surface area contributed by atoms with Crippen LogP contribution in [0.4, 0.5) is 5.69 Å². The van der Waals surface area contributed by atoms with Gasteiger partial charge in [-0.3, -0.25) is 4.79 Å². The molecule has 0 bridgehead atoms. The third-order valence-corrected chi connectivity index (χ3v) is 6.45. The number of ether oxygens (including phenoxy) is 1. The highest BCUT2D eigenvalue weighted by Gasteiger charge is 2.29. The van der Waals surface area contributed by atoms with E-state index in [-0.39, 0.29) is 16.7 Å². The van der Waals surface area contributed by atoms with Crippen LogP contribution in [0.3, 0.4) is 0 Å². The maximum Gasteiger partial charge on any atom is 0.246 e. The van der Waals surface area contributed by atoms with Crippen LogP contribution in [-0.2, 0) is 14.8 Å². The van der Waals surface area contributed by atoms with Crippen molar-refractivity contribution in [1.29, 1.82) is 0 Å². The highest BCUT2D eigenvalue weighted by atomic mass is 32.2. The van der Waals surface area contributed by atoms with Crippen molar-refractivity contribution in [3.63, 3.8) is 0 Å². The monoisotopic (exact) mass is 368 g/mol. The first-order chi connectivity index (χ1) is 11.9. The molecule has 1 aliphatic rings. The predicted molar refractivity (Wildman–Crippen MR) is 98.3 cm³/mol. The van der Waals surface area contributed by atoms with Crippen molar-refractivity contribution >= 4 is 21.6 Å². The van der Waals surface area contributed by atoms with Gasteiger partial charge in [-0.25, -0.2) is 8.42 Å². The maximum atomic E-state index is 13.0. The van der Waals surface area contributed by atoms with E-state index in [1.165, 1.54) is 17.5 Å². The summed E-state index contributed by atoms with van der Waals surface area (Å²) in [6.07, 6.45) is 4.50. The van der Waals surface area contributed by atoms with Crippen LogP contribution in [0.2, 0.25) is 0 Å². The molecule has 25 heavy (non-hydrogen) atoms. The minimum atomic E-state index is -3.64. The van der Waals surface area contributed by atoms with Crippen LogP contribution >= 0.6 is 0 Å². The summed E-state index contributed by atoms with van der Waals surface area (Å²) in [5, 5.41) is 2.82. The molecule has 0 aromatic heterocycles. The molecule has 1 amide bonds. The van der Waals surface area contributed by atoms with Crippen molar-refractivity contribution in [2.75, 3.05) is 25.5 Å². The molecular weight excluding hydrogens is 340 g/mol. The Kier molecular flexibility index (Phi) is 6.84. The van der Waals surface area contributed by atoms with E-state index in [1.54, 1.807) is 12.1 Å². The lowest BCUT2D eigenvalue weighted by atomic mass is 10.1. The zero-order valence-electron chi connectivity index (χ0n) is 15.2. The minimum Gasteiger partial charge on any atom is -0.495 e. The summed E-state index contributed by atoms with van der Waals surface area (Å²) >= 11 is 0. The van der Waals surface area contributed by atoms with E-state index in [4.69, 9.17) is 4.74 Å². The van der Waals surface area contributed by atoms with E-state index in [2.05, 4.69) is 5.32 Å². The lowest BCUT2D eigenvalue weighted by Gasteiger charge is -2.26. The lowest BCUT2D eigenvalue weighted by Crippen LogP contribution is -2.35. The van der Waals surface area contributed by atoms with Crippen molar-refractivity contribution in [3.8, 4) is 5.75 Å². The number of nitrogens with one attached hydrogen (secondary N) is 1. The number of carbonyl (C=O) groups is 1. The number of nitrogens with zero attached hydrogens (tertiary/aromatic N) is 1. The maximum absolute atomic E-state index is 13.0. The Morgan fingerprint density at radius 3 is 2.56 bits per heavy atom. The second-order valence-electron chi connectivity index (χ2n) is 6.51. The van der Waals surface area contributed by atoms with Gasteiger partial charge in [0, 0.05) is 24.7 Å².